The van der Waals surface area contributed by atoms with E-state index in [0.29, 0.717) is 12.3 Å². The number of aliphatic hydroxyl groups is 2. The first kappa shape index (κ1) is 25.0. The molecule has 1 aliphatic carbocycles. The maximum absolute atomic E-state index is 14.7. The molecule has 9 nitrogen and oxygen atoms in total. The van der Waals surface area contributed by atoms with Gasteiger partial charge in [-0.1, -0.05) is 0 Å². The van der Waals surface area contributed by atoms with Gasteiger partial charge in [-0.15, -0.1) is 0 Å². The van der Waals surface area contributed by atoms with Gasteiger partial charge in [0.1, 0.15) is 22.7 Å². The number of nitrogens with zero attached hydrogens (tertiary/aromatic N) is 4. The van der Waals surface area contributed by atoms with Gasteiger partial charge in [0.05, 0.1) is 23.8 Å². The Morgan fingerprint density at radius 2 is 1.81 bits per heavy atom. The minimum Gasteiger partial charge on any atom is -0.389 e. The number of aliphatic hydroxyl groups excluding tert-OH is 2. The molecule has 1 saturated carbocycles. The highest BCUT2D eigenvalue weighted by molar-refractivity contribution is 5.98. The predicted octanol–water partition coefficient (Wildman–Crippen LogP) is 1.82. The van der Waals surface area contributed by atoms with Gasteiger partial charge in [-0.2, -0.15) is 13.2 Å². The summed E-state index contributed by atoms with van der Waals surface area (Å²) in [7, 11) is 0. The minimum atomic E-state index is -4.75. The fourth-order valence-electron chi connectivity index (χ4n) is 4.53. The van der Waals surface area contributed by atoms with E-state index in [2.05, 4.69) is 9.97 Å². The number of hydrogen-bond acceptors (Lipinski definition) is 7. The van der Waals surface area contributed by atoms with Crippen LogP contribution in [0.1, 0.15) is 29.6 Å². The Hall–Kier alpha value is -3.65. The van der Waals surface area contributed by atoms with E-state index in [9.17, 15) is 41.8 Å². The van der Waals surface area contributed by atoms with Gasteiger partial charge in [0.15, 0.2) is 17.3 Å². The van der Waals surface area contributed by atoms with Gasteiger partial charge in [0.2, 0.25) is 5.43 Å². The SMILES string of the molecule is O=C(NC1(C(F)(F)F)CCC1)c1cn(-c2ncc(F)cc2F)c2nc(N3C[C@@H](O)[C@H](O)C3)ccc2c1=O. The fraction of sp³-hybridized carbons (Fsp3) is 0.391. The molecular formula is C23H20F5N5O4. The lowest BCUT2D eigenvalue weighted by molar-refractivity contribution is -0.215. The van der Waals surface area contributed by atoms with Crippen LogP contribution < -0.4 is 15.6 Å². The quantitative estimate of drug-likeness (QED) is 0.445. The number of hydrogen-bond donors (Lipinski definition) is 3. The highest BCUT2D eigenvalue weighted by atomic mass is 19.4. The summed E-state index contributed by atoms with van der Waals surface area (Å²) in [4.78, 5) is 35.7. The van der Waals surface area contributed by atoms with Crippen molar-refractivity contribution in [2.24, 2.45) is 0 Å². The highest BCUT2D eigenvalue weighted by Crippen LogP contribution is 2.45. The molecule has 0 bridgehead atoms. The molecule has 3 N–H and O–H groups in total. The van der Waals surface area contributed by atoms with Gasteiger partial charge in [0, 0.05) is 25.4 Å². The second kappa shape index (κ2) is 8.73. The van der Waals surface area contributed by atoms with Crippen molar-refractivity contribution < 1.29 is 37.0 Å². The Balaban J connectivity index is 1.67. The van der Waals surface area contributed by atoms with Crippen LogP contribution in [0.25, 0.3) is 16.9 Å². The monoisotopic (exact) mass is 525 g/mol. The third kappa shape index (κ3) is 4.19. The normalized spacial score (nSPS) is 21.2. The molecule has 0 unspecified atom stereocenters. The van der Waals surface area contributed by atoms with E-state index >= 15 is 0 Å². The van der Waals surface area contributed by atoms with Crippen molar-refractivity contribution in [1.82, 2.24) is 19.9 Å². The zero-order valence-electron chi connectivity index (χ0n) is 19.0. The largest absolute Gasteiger partial charge is 0.411 e. The van der Waals surface area contributed by atoms with Crippen LogP contribution in [0, 0.1) is 11.6 Å². The predicted molar refractivity (Wildman–Crippen MR) is 119 cm³/mol. The molecule has 5 rings (SSSR count). The van der Waals surface area contributed by atoms with E-state index in [0.717, 1.165) is 10.8 Å². The number of anilines is 1. The lowest BCUT2D eigenvalue weighted by atomic mass is 9.76. The van der Waals surface area contributed by atoms with Crippen molar-refractivity contribution in [1.29, 1.82) is 0 Å². The molecule has 4 heterocycles. The molecule has 14 heteroatoms. The van der Waals surface area contributed by atoms with E-state index in [4.69, 9.17) is 0 Å². The lowest BCUT2D eigenvalue weighted by Crippen LogP contribution is -2.63. The molecule has 1 saturated heterocycles. The molecule has 2 fully saturated rings. The molecule has 2 atom stereocenters. The van der Waals surface area contributed by atoms with Crippen LogP contribution in [-0.4, -0.2) is 67.7 Å². The fourth-order valence-corrected chi connectivity index (χ4v) is 4.53. The number of fused-ring (bicyclic) bond motifs is 1. The molecular weight excluding hydrogens is 505 g/mol. The van der Waals surface area contributed by atoms with Crippen LogP contribution in [0.15, 0.2) is 35.4 Å². The molecule has 2 aliphatic rings. The van der Waals surface area contributed by atoms with E-state index in [1.54, 1.807) is 0 Å². The van der Waals surface area contributed by atoms with Crippen molar-refractivity contribution in [3.8, 4) is 5.82 Å². The first-order valence-electron chi connectivity index (χ1n) is 11.3. The number of halogens is 5. The number of amides is 1. The summed E-state index contributed by atoms with van der Waals surface area (Å²) >= 11 is 0. The summed E-state index contributed by atoms with van der Waals surface area (Å²) in [6.07, 6.45) is -5.83. The number of carbonyl (C=O) groups is 1. The average Bonchev–Trinajstić information content (AvgIpc) is 3.14. The van der Waals surface area contributed by atoms with Crippen molar-refractivity contribution in [2.45, 2.75) is 43.2 Å². The van der Waals surface area contributed by atoms with Crippen molar-refractivity contribution in [3.63, 3.8) is 0 Å². The highest BCUT2D eigenvalue weighted by Gasteiger charge is 2.59. The molecule has 0 radical (unpaired) electrons. The summed E-state index contributed by atoms with van der Waals surface area (Å²) in [6, 6.07) is 3.11. The molecule has 1 aliphatic heterocycles. The third-order valence-corrected chi connectivity index (χ3v) is 6.78. The first-order valence-corrected chi connectivity index (χ1v) is 11.3. The van der Waals surface area contributed by atoms with Crippen LogP contribution in [0.2, 0.25) is 0 Å². The number of rotatable bonds is 4. The zero-order valence-corrected chi connectivity index (χ0v) is 19.0. The van der Waals surface area contributed by atoms with Crippen molar-refractivity contribution >= 4 is 22.8 Å². The summed E-state index contributed by atoms with van der Waals surface area (Å²) in [6.45, 7) is 0.0140. The van der Waals surface area contributed by atoms with Crippen LogP contribution in [0.5, 0.6) is 0 Å². The second-order valence-corrected chi connectivity index (χ2v) is 9.17. The van der Waals surface area contributed by atoms with Gasteiger partial charge < -0.3 is 20.4 Å². The van der Waals surface area contributed by atoms with Crippen LogP contribution in [0.3, 0.4) is 0 Å². The van der Waals surface area contributed by atoms with E-state index in [1.165, 1.54) is 17.0 Å². The second-order valence-electron chi connectivity index (χ2n) is 9.17. The Morgan fingerprint density at radius 1 is 1.14 bits per heavy atom. The molecule has 1 amide bonds. The number of β-amino-alcohol motifs (C(OH)–C–C–N with tert-alkyl or cyclic N) is 2. The van der Waals surface area contributed by atoms with E-state index < -0.39 is 58.3 Å². The van der Waals surface area contributed by atoms with Gasteiger partial charge in [-0.05, 0) is 31.4 Å². The minimum absolute atomic E-state index is 0.00702. The van der Waals surface area contributed by atoms with Crippen LogP contribution in [0.4, 0.5) is 27.8 Å². The van der Waals surface area contributed by atoms with Gasteiger partial charge in [0.25, 0.3) is 5.91 Å². The molecule has 3 aromatic rings. The van der Waals surface area contributed by atoms with Crippen molar-refractivity contribution in [3.05, 3.63) is 58.0 Å². The lowest BCUT2D eigenvalue weighted by Gasteiger charge is -2.43. The molecule has 37 heavy (non-hydrogen) atoms. The van der Waals surface area contributed by atoms with Gasteiger partial charge in [-0.25, -0.2) is 18.7 Å². The summed E-state index contributed by atoms with van der Waals surface area (Å²) in [5.41, 5.74) is -4.37. The smallest absolute Gasteiger partial charge is 0.389 e. The Labute approximate surface area is 205 Å². The average molecular weight is 525 g/mol. The van der Waals surface area contributed by atoms with Crippen LogP contribution >= 0.6 is 0 Å². The summed E-state index contributed by atoms with van der Waals surface area (Å²) in [5, 5.41) is 21.4. The van der Waals surface area contributed by atoms with E-state index in [-0.39, 0.29) is 49.2 Å². The maximum Gasteiger partial charge on any atom is 0.411 e. The Kier molecular flexibility index (Phi) is 5.90. The van der Waals surface area contributed by atoms with Gasteiger partial charge >= 0.3 is 6.18 Å². The number of aromatic nitrogens is 3. The topological polar surface area (TPSA) is 121 Å². The standard InChI is InChI=1S/C23H20F5N5O4/c24-11-6-14(25)20(29-7-11)33-8-13(21(37)31-22(4-1-5-22)23(26,27)28)18(36)12-2-3-17(30-19(12)33)32-9-15(34)16(35)10-32/h2-3,6-8,15-16,34-35H,1,4-5,9-10H2,(H,31,37)/t15-,16-/m1/s1. The summed E-state index contributed by atoms with van der Waals surface area (Å²) < 4.78 is 70.0. The third-order valence-electron chi connectivity index (χ3n) is 6.78. The zero-order chi connectivity index (χ0) is 26.7. The number of carbonyl (C=O) groups excluding carboxylic acids is 1. The molecule has 196 valence electrons. The number of nitrogens with one attached hydrogen (secondary N) is 1. The molecule has 0 aromatic carbocycles. The number of pyridine rings is 3. The van der Waals surface area contributed by atoms with E-state index in [1.807, 2.05) is 5.32 Å². The number of alkyl halides is 3. The molecule has 0 spiro atoms. The van der Waals surface area contributed by atoms with Gasteiger partial charge in [-0.3, -0.25) is 14.2 Å². The Bertz CT molecular complexity index is 1450. The van der Waals surface area contributed by atoms with Crippen molar-refractivity contribution in [2.75, 3.05) is 18.0 Å². The molecule has 3 aromatic heterocycles. The maximum atomic E-state index is 14.7. The van der Waals surface area contributed by atoms with Crippen LogP contribution in [-0.2, 0) is 0 Å². The summed E-state index contributed by atoms with van der Waals surface area (Å²) in [5.74, 6) is -3.87. The Morgan fingerprint density at radius 3 is 2.38 bits per heavy atom. The first-order chi connectivity index (χ1) is 17.4.